The summed E-state index contributed by atoms with van der Waals surface area (Å²) in [6.45, 7) is 1.62. The minimum atomic E-state index is -0.518. The van der Waals surface area contributed by atoms with Crippen molar-refractivity contribution in [1.29, 1.82) is 0 Å². The third kappa shape index (κ3) is 2.77. The van der Waals surface area contributed by atoms with Crippen molar-refractivity contribution in [2.24, 2.45) is 7.05 Å². The predicted octanol–water partition coefficient (Wildman–Crippen LogP) is 3.03. The van der Waals surface area contributed by atoms with Crippen molar-refractivity contribution in [3.63, 3.8) is 0 Å². The summed E-state index contributed by atoms with van der Waals surface area (Å²) in [7, 11) is 3.35. The van der Waals surface area contributed by atoms with Gasteiger partial charge in [0.25, 0.3) is 0 Å². The van der Waals surface area contributed by atoms with E-state index in [2.05, 4.69) is 21.7 Å². The van der Waals surface area contributed by atoms with Crippen molar-refractivity contribution < 1.29 is 19.4 Å². The van der Waals surface area contributed by atoms with Crippen LogP contribution in [-0.2, 0) is 27.7 Å². The molecule has 0 spiro atoms. The van der Waals surface area contributed by atoms with E-state index in [9.17, 15) is 9.90 Å². The zero-order chi connectivity index (χ0) is 19.8. The lowest BCUT2D eigenvalue weighted by atomic mass is 9.93. The number of carbonyl (C=O) groups is 1. The Balaban J connectivity index is 1.76. The number of carbonyl (C=O) groups excluding carboxylic acids is 1. The lowest BCUT2D eigenvalue weighted by Gasteiger charge is -2.26. The van der Waals surface area contributed by atoms with E-state index in [1.165, 1.54) is 18.8 Å². The van der Waals surface area contributed by atoms with Gasteiger partial charge in [-0.2, -0.15) is 0 Å². The molecule has 6 heteroatoms. The Labute approximate surface area is 162 Å². The predicted molar refractivity (Wildman–Crippen MR) is 107 cm³/mol. The van der Waals surface area contributed by atoms with E-state index in [0.717, 1.165) is 27.7 Å². The molecule has 2 aromatic heterocycles. The second-order valence-electron chi connectivity index (χ2n) is 6.90. The highest BCUT2D eigenvalue weighted by Crippen LogP contribution is 2.32. The maximum absolute atomic E-state index is 11.9. The standard InChI is InChI=1S/C22H22N2O4/c1-13-16(11-25)17(22(26)27-3)12-28-20(13)10-18-21-15(8-9-23-18)14-6-4-5-7-19(14)24(21)2/h4-9,12,20,25H,10-11H2,1-3H3/t20-/m1/s1. The largest absolute Gasteiger partial charge is 0.492 e. The number of aryl methyl sites for hydroxylation is 1. The van der Waals surface area contributed by atoms with Crippen molar-refractivity contribution in [3.8, 4) is 0 Å². The molecule has 1 N–H and O–H groups in total. The number of aliphatic hydroxyl groups excluding tert-OH is 1. The van der Waals surface area contributed by atoms with Gasteiger partial charge in [-0.3, -0.25) is 4.98 Å². The number of esters is 1. The molecule has 0 aliphatic carbocycles. The minimum Gasteiger partial charge on any atom is -0.492 e. The number of rotatable bonds is 4. The highest BCUT2D eigenvalue weighted by atomic mass is 16.5. The summed E-state index contributed by atoms with van der Waals surface area (Å²) >= 11 is 0. The van der Waals surface area contributed by atoms with E-state index >= 15 is 0 Å². The third-order valence-corrected chi connectivity index (χ3v) is 5.47. The van der Waals surface area contributed by atoms with Crippen molar-refractivity contribution in [2.75, 3.05) is 13.7 Å². The average Bonchev–Trinajstić information content (AvgIpc) is 3.02. The highest BCUT2D eigenvalue weighted by Gasteiger charge is 2.28. The number of ether oxygens (including phenoxy) is 2. The number of aromatic nitrogens is 2. The SMILES string of the molecule is COC(=O)C1=CO[C@H](Cc2nccc3c4ccccc4n(C)c23)C(C)=C1CO. The molecule has 3 heterocycles. The van der Waals surface area contributed by atoms with E-state index in [1.54, 1.807) is 0 Å². The fourth-order valence-corrected chi connectivity index (χ4v) is 3.95. The van der Waals surface area contributed by atoms with Crippen molar-refractivity contribution >= 4 is 27.8 Å². The monoisotopic (exact) mass is 378 g/mol. The van der Waals surface area contributed by atoms with E-state index < -0.39 is 5.97 Å². The van der Waals surface area contributed by atoms with E-state index in [-0.39, 0.29) is 18.3 Å². The Hall–Kier alpha value is -3.12. The summed E-state index contributed by atoms with van der Waals surface area (Å²) in [6, 6.07) is 10.3. The second kappa shape index (κ2) is 7.13. The van der Waals surface area contributed by atoms with Gasteiger partial charge in [-0.05, 0) is 30.2 Å². The van der Waals surface area contributed by atoms with Crippen LogP contribution in [0, 0.1) is 0 Å². The zero-order valence-electron chi connectivity index (χ0n) is 16.1. The van der Waals surface area contributed by atoms with E-state index in [0.29, 0.717) is 12.0 Å². The first-order valence-electron chi connectivity index (χ1n) is 9.12. The Morgan fingerprint density at radius 1 is 1.29 bits per heavy atom. The molecule has 0 saturated heterocycles. The maximum Gasteiger partial charge on any atom is 0.341 e. The average molecular weight is 378 g/mol. The summed E-state index contributed by atoms with van der Waals surface area (Å²) in [4.78, 5) is 16.5. The zero-order valence-corrected chi connectivity index (χ0v) is 16.1. The molecule has 1 atom stereocenters. The summed E-state index contributed by atoms with van der Waals surface area (Å²) < 4.78 is 12.8. The molecule has 1 aromatic carbocycles. The molecule has 0 saturated carbocycles. The molecule has 3 aromatic rings. The smallest absolute Gasteiger partial charge is 0.341 e. The van der Waals surface area contributed by atoms with Gasteiger partial charge in [0.15, 0.2) is 0 Å². The first-order valence-corrected chi connectivity index (χ1v) is 9.12. The quantitative estimate of drug-likeness (QED) is 0.707. The van der Waals surface area contributed by atoms with Gasteiger partial charge in [0, 0.05) is 36.0 Å². The molecule has 0 amide bonds. The van der Waals surface area contributed by atoms with Crippen LogP contribution in [0.4, 0.5) is 0 Å². The van der Waals surface area contributed by atoms with Gasteiger partial charge < -0.3 is 19.1 Å². The topological polar surface area (TPSA) is 73.6 Å². The lowest BCUT2D eigenvalue weighted by molar-refractivity contribution is -0.136. The summed E-state index contributed by atoms with van der Waals surface area (Å²) in [5.41, 5.74) is 4.73. The van der Waals surface area contributed by atoms with Crippen LogP contribution in [0.2, 0.25) is 0 Å². The molecule has 0 radical (unpaired) electrons. The number of hydrogen-bond acceptors (Lipinski definition) is 5. The lowest BCUT2D eigenvalue weighted by Crippen LogP contribution is -2.25. The van der Waals surface area contributed by atoms with Crippen LogP contribution in [0.5, 0.6) is 0 Å². The molecular formula is C22H22N2O4. The molecular weight excluding hydrogens is 356 g/mol. The number of nitrogens with zero attached hydrogens (tertiary/aromatic N) is 2. The summed E-state index contributed by atoms with van der Waals surface area (Å²) in [6.07, 6.45) is 3.42. The minimum absolute atomic E-state index is 0.252. The summed E-state index contributed by atoms with van der Waals surface area (Å²) in [5.74, 6) is -0.518. The number of benzene rings is 1. The van der Waals surface area contributed by atoms with Gasteiger partial charge >= 0.3 is 5.97 Å². The molecule has 144 valence electrons. The maximum atomic E-state index is 11.9. The van der Waals surface area contributed by atoms with Gasteiger partial charge in [0.05, 0.1) is 36.8 Å². The molecule has 6 nitrogen and oxygen atoms in total. The van der Waals surface area contributed by atoms with Crippen LogP contribution in [0.15, 0.2) is 59.5 Å². The van der Waals surface area contributed by atoms with Gasteiger partial charge in [0.2, 0.25) is 0 Å². The Bertz CT molecular complexity index is 1140. The van der Waals surface area contributed by atoms with Gasteiger partial charge in [0.1, 0.15) is 6.10 Å². The normalized spacial score (nSPS) is 17.0. The number of fused-ring (bicyclic) bond motifs is 3. The van der Waals surface area contributed by atoms with Gasteiger partial charge in [-0.25, -0.2) is 4.79 Å². The van der Waals surface area contributed by atoms with Crippen molar-refractivity contribution in [3.05, 3.63) is 65.2 Å². The third-order valence-electron chi connectivity index (χ3n) is 5.47. The van der Waals surface area contributed by atoms with Gasteiger partial charge in [-0.1, -0.05) is 18.2 Å². The van der Waals surface area contributed by atoms with Crippen LogP contribution >= 0.6 is 0 Å². The molecule has 28 heavy (non-hydrogen) atoms. The molecule has 0 bridgehead atoms. The number of para-hydroxylation sites is 1. The molecule has 1 aliphatic rings. The van der Waals surface area contributed by atoms with Crippen LogP contribution in [0.3, 0.4) is 0 Å². The second-order valence-corrected chi connectivity index (χ2v) is 6.90. The van der Waals surface area contributed by atoms with Crippen LogP contribution in [0.25, 0.3) is 21.8 Å². The first-order chi connectivity index (χ1) is 13.6. The van der Waals surface area contributed by atoms with Crippen LogP contribution in [0.1, 0.15) is 12.6 Å². The number of hydrogen-bond donors (Lipinski definition) is 1. The molecule has 1 aliphatic heterocycles. The van der Waals surface area contributed by atoms with Crippen molar-refractivity contribution in [2.45, 2.75) is 19.4 Å². The fourth-order valence-electron chi connectivity index (χ4n) is 3.95. The van der Waals surface area contributed by atoms with Crippen LogP contribution < -0.4 is 0 Å². The molecule has 4 rings (SSSR count). The highest BCUT2D eigenvalue weighted by molar-refractivity contribution is 6.08. The van der Waals surface area contributed by atoms with Crippen molar-refractivity contribution in [1.82, 2.24) is 9.55 Å². The Morgan fingerprint density at radius 3 is 2.82 bits per heavy atom. The van der Waals surface area contributed by atoms with E-state index in [1.807, 2.05) is 38.4 Å². The summed E-state index contributed by atoms with van der Waals surface area (Å²) in [5, 5.41) is 12.1. The molecule has 0 fully saturated rings. The Morgan fingerprint density at radius 2 is 2.07 bits per heavy atom. The first kappa shape index (κ1) is 18.3. The number of methoxy groups -OCH3 is 1. The fraction of sp³-hybridized carbons (Fsp3) is 0.273. The number of pyridine rings is 1. The van der Waals surface area contributed by atoms with Crippen LogP contribution in [-0.4, -0.2) is 40.4 Å². The Kier molecular flexibility index (Phi) is 4.65. The number of aliphatic hydroxyl groups is 1. The molecule has 0 unspecified atom stereocenters. The van der Waals surface area contributed by atoms with Gasteiger partial charge in [-0.15, -0.1) is 0 Å². The van der Waals surface area contributed by atoms with E-state index in [4.69, 9.17) is 9.47 Å².